The molecule has 1 N–H and O–H groups in total. The Morgan fingerprint density at radius 1 is 1.33 bits per heavy atom. The predicted molar refractivity (Wildman–Crippen MR) is 47.8 cm³/mol. The van der Waals surface area contributed by atoms with Gasteiger partial charge in [-0.05, 0) is 30.9 Å². The van der Waals surface area contributed by atoms with Gasteiger partial charge in [-0.15, -0.1) is 0 Å². The summed E-state index contributed by atoms with van der Waals surface area (Å²) in [5, 5.41) is 12.0. The fourth-order valence-electron chi connectivity index (χ4n) is 1.79. The maximum atomic E-state index is 8.69. The Balaban J connectivity index is 2.61. The molecule has 1 aliphatic carbocycles. The molecule has 0 atom stereocenters. The third kappa shape index (κ3) is 0.916. The van der Waals surface area contributed by atoms with E-state index in [-0.39, 0.29) is 0 Å². The highest BCUT2D eigenvalue weighted by Crippen LogP contribution is 2.24. The highest BCUT2D eigenvalue weighted by atomic mass is 16.4. The zero-order chi connectivity index (χ0) is 8.55. The lowest BCUT2D eigenvalue weighted by Gasteiger charge is -2.01. The van der Waals surface area contributed by atoms with Crippen molar-refractivity contribution in [2.75, 3.05) is 0 Å². The summed E-state index contributed by atoms with van der Waals surface area (Å²) in [5.41, 5.74) is 4.59. The highest BCUT2D eigenvalue weighted by molar-refractivity contribution is 6.04. The highest BCUT2D eigenvalue weighted by Gasteiger charge is 2.18. The van der Waals surface area contributed by atoms with Gasteiger partial charge in [-0.1, -0.05) is 23.4 Å². The molecule has 1 aliphatic rings. The van der Waals surface area contributed by atoms with Crippen molar-refractivity contribution in [2.24, 2.45) is 5.16 Å². The van der Waals surface area contributed by atoms with E-state index >= 15 is 0 Å². The van der Waals surface area contributed by atoms with Crippen LogP contribution in [-0.4, -0.2) is 10.9 Å². The van der Waals surface area contributed by atoms with E-state index in [4.69, 9.17) is 5.21 Å². The van der Waals surface area contributed by atoms with Gasteiger partial charge in [-0.3, -0.25) is 0 Å². The Bertz CT molecular complexity index is 342. The van der Waals surface area contributed by atoms with E-state index in [0.717, 1.165) is 24.1 Å². The first-order valence-corrected chi connectivity index (χ1v) is 4.12. The van der Waals surface area contributed by atoms with Gasteiger partial charge in [0, 0.05) is 5.56 Å². The first-order valence-electron chi connectivity index (χ1n) is 4.12. The molecule has 0 bridgehead atoms. The van der Waals surface area contributed by atoms with Crippen LogP contribution in [0.5, 0.6) is 0 Å². The number of hydrogen-bond donors (Lipinski definition) is 1. The lowest BCUT2D eigenvalue weighted by Crippen LogP contribution is -1.93. The first-order chi connectivity index (χ1) is 5.83. The second-order valence-electron chi connectivity index (χ2n) is 3.15. The smallest absolute Gasteiger partial charge is 0.0873 e. The van der Waals surface area contributed by atoms with E-state index in [9.17, 15) is 0 Å². The number of hydrogen-bond acceptors (Lipinski definition) is 2. The molecule has 1 aromatic rings. The normalized spacial score (nSPS) is 18.2. The molecule has 0 unspecified atom stereocenters. The largest absolute Gasteiger partial charge is 0.411 e. The van der Waals surface area contributed by atoms with Crippen LogP contribution in [0.3, 0.4) is 0 Å². The van der Waals surface area contributed by atoms with Crippen molar-refractivity contribution in [1.29, 1.82) is 0 Å². The second kappa shape index (κ2) is 2.63. The maximum absolute atomic E-state index is 8.69. The standard InChI is InChI=1S/C10H11NO/c1-7-3-2-4-9-8(7)5-6-10(9)11-12/h2-4,12H,5-6H2,1H3/b11-10+. The summed E-state index contributed by atoms with van der Waals surface area (Å²) in [4.78, 5) is 0. The summed E-state index contributed by atoms with van der Waals surface area (Å²) < 4.78 is 0. The third-order valence-electron chi connectivity index (χ3n) is 2.45. The molecule has 0 spiro atoms. The van der Waals surface area contributed by atoms with Gasteiger partial charge in [0.15, 0.2) is 0 Å². The van der Waals surface area contributed by atoms with Gasteiger partial charge in [0.25, 0.3) is 0 Å². The van der Waals surface area contributed by atoms with Crippen molar-refractivity contribution in [3.05, 3.63) is 34.9 Å². The molecule has 0 fully saturated rings. The van der Waals surface area contributed by atoms with Crippen molar-refractivity contribution in [3.63, 3.8) is 0 Å². The summed E-state index contributed by atoms with van der Waals surface area (Å²) in [6, 6.07) is 6.12. The quantitative estimate of drug-likeness (QED) is 0.458. The molecule has 12 heavy (non-hydrogen) atoms. The van der Waals surface area contributed by atoms with Gasteiger partial charge in [-0.2, -0.15) is 0 Å². The Hall–Kier alpha value is -1.31. The number of oxime groups is 1. The molecule has 2 heteroatoms. The van der Waals surface area contributed by atoms with E-state index in [0.29, 0.717) is 0 Å². The van der Waals surface area contributed by atoms with Gasteiger partial charge in [0.05, 0.1) is 5.71 Å². The molecule has 0 saturated heterocycles. The van der Waals surface area contributed by atoms with Crippen molar-refractivity contribution in [1.82, 2.24) is 0 Å². The summed E-state index contributed by atoms with van der Waals surface area (Å²) in [6.07, 6.45) is 1.89. The van der Waals surface area contributed by atoms with Crippen LogP contribution in [0.15, 0.2) is 23.4 Å². The van der Waals surface area contributed by atoms with Crippen molar-refractivity contribution in [3.8, 4) is 0 Å². The molecule has 0 saturated carbocycles. The van der Waals surface area contributed by atoms with Crippen molar-refractivity contribution >= 4 is 5.71 Å². The molecular formula is C10H11NO. The van der Waals surface area contributed by atoms with Gasteiger partial charge >= 0.3 is 0 Å². The zero-order valence-electron chi connectivity index (χ0n) is 7.04. The van der Waals surface area contributed by atoms with Crippen LogP contribution >= 0.6 is 0 Å². The predicted octanol–water partition coefficient (Wildman–Crippen LogP) is 2.12. The minimum Gasteiger partial charge on any atom is -0.411 e. The monoisotopic (exact) mass is 161 g/mol. The lowest BCUT2D eigenvalue weighted by molar-refractivity contribution is 0.318. The van der Waals surface area contributed by atoms with Crippen LogP contribution < -0.4 is 0 Å². The van der Waals surface area contributed by atoms with Gasteiger partial charge in [0.1, 0.15) is 0 Å². The van der Waals surface area contributed by atoms with Crippen LogP contribution in [0.25, 0.3) is 0 Å². The lowest BCUT2D eigenvalue weighted by atomic mass is 10.0. The van der Waals surface area contributed by atoms with Gasteiger partial charge in [0.2, 0.25) is 0 Å². The summed E-state index contributed by atoms with van der Waals surface area (Å²) >= 11 is 0. The number of benzene rings is 1. The van der Waals surface area contributed by atoms with Crippen LogP contribution in [0, 0.1) is 6.92 Å². The van der Waals surface area contributed by atoms with Gasteiger partial charge in [-0.25, -0.2) is 0 Å². The summed E-state index contributed by atoms with van der Waals surface area (Å²) in [5.74, 6) is 0. The van der Waals surface area contributed by atoms with Crippen LogP contribution in [-0.2, 0) is 6.42 Å². The number of nitrogens with zero attached hydrogens (tertiary/aromatic N) is 1. The van der Waals surface area contributed by atoms with Crippen LogP contribution in [0.4, 0.5) is 0 Å². The van der Waals surface area contributed by atoms with E-state index in [1.165, 1.54) is 11.1 Å². The Morgan fingerprint density at radius 2 is 2.17 bits per heavy atom. The number of rotatable bonds is 0. The maximum Gasteiger partial charge on any atom is 0.0873 e. The molecule has 0 heterocycles. The zero-order valence-corrected chi connectivity index (χ0v) is 7.04. The van der Waals surface area contributed by atoms with Crippen LogP contribution in [0.2, 0.25) is 0 Å². The fourth-order valence-corrected chi connectivity index (χ4v) is 1.79. The average Bonchev–Trinajstić information content (AvgIpc) is 2.49. The van der Waals surface area contributed by atoms with E-state index in [2.05, 4.69) is 18.1 Å². The third-order valence-corrected chi connectivity index (χ3v) is 2.45. The molecule has 0 aliphatic heterocycles. The number of aryl methyl sites for hydroxylation is 1. The average molecular weight is 161 g/mol. The van der Waals surface area contributed by atoms with E-state index in [1.807, 2.05) is 12.1 Å². The van der Waals surface area contributed by atoms with E-state index in [1.54, 1.807) is 0 Å². The summed E-state index contributed by atoms with van der Waals surface area (Å²) in [7, 11) is 0. The Kier molecular flexibility index (Phi) is 1.61. The molecule has 0 radical (unpaired) electrons. The minimum absolute atomic E-state index is 0.828. The molecule has 2 rings (SSSR count). The second-order valence-corrected chi connectivity index (χ2v) is 3.15. The minimum atomic E-state index is 0.828. The van der Waals surface area contributed by atoms with Gasteiger partial charge < -0.3 is 5.21 Å². The van der Waals surface area contributed by atoms with Crippen molar-refractivity contribution < 1.29 is 5.21 Å². The number of fused-ring (bicyclic) bond motifs is 1. The Morgan fingerprint density at radius 3 is 2.92 bits per heavy atom. The molecular weight excluding hydrogens is 150 g/mol. The molecule has 0 aromatic heterocycles. The fraction of sp³-hybridized carbons (Fsp3) is 0.300. The first kappa shape index (κ1) is 7.35. The molecule has 0 amide bonds. The Labute approximate surface area is 71.5 Å². The molecule has 1 aromatic carbocycles. The van der Waals surface area contributed by atoms with Crippen molar-refractivity contribution in [2.45, 2.75) is 19.8 Å². The van der Waals surface area contributed by atoms with E-state index < -0.39 is 0 Å². The molecule has 62 valence electrons. The topological polar surface area (TPSA) is 32.6 Å². The molecule has 2 nitrogen and oxygen atoms in total. The SMILES string of the molecule is Cc1cccc2c1CC/C2=N\O. The van der Waals surface area contributed by atoms with Crippen LogP contribution in [0.1, 0.15) is 23.1 Å². The summed E-state index contributed by atoms with van der Waals surface area (Å²) in [6.45, 7) is 2.10.